The van der Waals surface area contributed by atoms with Crippen molar-refractivity contribution >= 4 is 11.3 Å². The number of hydrogen-bond donors (Lipinski definition) is 1. The summed E-state index contributed by atoms with van der Waals surface area (Å²) in [6.07, 6.45) is 6.63. The third-order valence-electron chi connectivity index (χ3n) is 3.14. The second-order valence-electron chi connectivity index (χ2n) is 4.44. The number of hydrogen-bond acceptors (Lipinski definition) is 3. The average Bonchev–Trinajstić information content (AvgIpc) is 2.85. The summed E-state index contributed by atoms with van der Waals surface area (Å²) >= 11 is 1.79. The van der Waals surface area contributed by atoms with E-state index in [4.69, 9.17) is 0 Å². The van der Waals surface area contributed by atoms with Crippen molar-refractivity contribution in [3.8, 4) is 0 Å². The highest BCUT2D eigenvalue weighted by Gasteiger charge is 2.20. The Bertz CT molecular complexity index is 302. The Hall–Kier alpha value is -0.410. The van der Waals surface area contributed by atoms with E-state index in [1.807, 2.05) is 0 Å². The average molecular weight is 224 g/mol. The minimum absolute atomic E-state index is 0.479. The lowest BCUT2D eigenvalue weighted by Gasteiger charge is -2.19. The first-order valence-electron chi connectivity index (χ1n) is 5.97. The van der Waals surface area contributed by atoms with Crippen LogP contribution in [0.25, 0.3) is 0 Å². The molecule has 1 aromatic rings. The molecule has 1 aliphatic carbocycles. The maximum absolute atomic E-state index is 4.58. The number of nitrogens with one attached hydrogen (secondary N) is 1. The molecule has 0 spiro atoms. The van der Waals surface area contributed by atoms with Crippen molar-refractivity contribution in [3.05, 3.63) is 16.1 Å². The fraction of sp³-hybridized carbons (Fsp3) is 0.750. The quantitative estimate of drug-likeness (QED) is 0.847. The van der Waals surface area contributed by atoms with E-state index in [0.29, 0.717) is 6.04 Å². The minimum Gasteiger partial charge on any atom is -0.305 e. The summed E-state index contributed by atoms with van der Waals surface area (Å²) in [6.45, 7) is 4.31. The van der Waals surface area contributed by atoms with Gasteiger partial charge in [-0.15, -0.1) is 11.3 Å². The topological polar surface area (TPSA) is 24.9 Å². The molecule has 0 amide bonds. The molecule has 0 saturated heterocycles. The zero-order valence-corrected chi connectivity index (χ0v) is 10.4. The Balaban J connectivity index is 1.97. The van der Waals surface area contributed by atoms with Crippen LogP contribution in [0.2, 0.25) is 0 Å². The summed E-state index contributed by atoms with van der Waals surface area (Å²) in [4.78, 5) is 4.58. The Kier molecular flexibility index (Phi) is 3.76. The molecule has 1 aliphatic rings. The summed E-state index contributed by atoms with van der Waals surface area (Å²) in [5.41, 5.74) is 1.15. The second-order valence-corrected chi connectivity index (χ2v) is 5.33. The Morgan fingerprint density at radius 2 is 2.27 bits per heavy atom. The SMILES string of the molecule is CCC(NC1CCCC1)c1nc(C)cs1. The molecule has 1 fully saturated rings. The van der Waals surface area contributed by atoms with Crippen LogP contribution in [0.15, 0.2) is 5.38 Å². The lowest BCUT2D eigenvalue weighted by molar-refractivity contribution is 0.429. The van der Waals surface area contributed by atoms with Crippen molar-refractivity contribution in [2.45, 2.75) is 58.0 Å². The number of nitrogens with zero attached hydrogens (tertiary/aromatic N) is 1. The van der Waals surface area contributed by atoms with Crippen LogP contribution in [0.4, 0.5) is 0 Å². The van der Waals surface area contributed by atoms with Crippen molar-refractivity contribution in [1.82, 2.24) is 10.3 Å². The maximum atomic E-state index is 4.58. The minimum atomic E-state index is 0.479. The van der Waals surface area contributed by atoms with Gasteiger partial charge in [0.05, 0.1) is 6.04 Å². The van der Waals surface area contributed by atoms with Gasteiger partial charge in [-0.2, -0.15) is 0 Å². The number of aryl methyl sites for hydroxylation is 1. The van der Waals surface area contributed by atoms with E-state index in [0.717, 1.165) is 18.2 Å². The van der Waals surface area contributed by atoms with Gasteiger partial charge in [-0.1, -0.05) is 19.8 Å². The van der Waals surface area contributed by atoms with Crippen LogP contribution in [0.3, 0.4) is 0 Å². The summed E-state index contributed by atoms with van der Waals surface area (Å²) in [6, 6.07) is 1.21. The Morgan fingerprint density at radius 1 is 1.53 bits per heavy atom. The number of thiazole rings is 1. The molecule has 2 rings (SSSR count). The zero-order valence-electron chi connectivity index (χ0n) is 9.62. The van der Waals surface area contributed by atoms with E-state index < -0.39 is 0 Å². The van der Waals surface area contributed by atoms with Gasteiger partial charge in [0, 0.05) is 17.1 Å². The molecule has 2 nitrogen and oxygen atoms in total. The van der Waals surface area contributed by atoms with Crippen LogP contribution in [0.5, 0.6) is 0 Å². The van der Waals surface area contributed by atoms with Crippen molar-refractivity contribution < 1.29 is 0 Å². The van der Waals surface area contributed by atoms with Crippen molar-refractivity contribution in [1.29, 1.82) is 0 Å². The highest BCUT2D eigenvalue weighted by molar-refractivity contribution is 7.09. The third kappa shape index (κ3) is 2.79. The molecule has 0 aliphatic heterocycles. The van der Waals surface area contributed by atoms with Crippen molar-refractivity contribution in [2.75, 3.05) is 0 Å². The summed E-state index contributed by atoms with van der Waals surface area (Å²) in [7, 11) is 0. The molecule has 84 valence electrons. The van der Waals surface area contributed by atoms with Crippen LogP contribution >= 0.6 is 11.3 Å². The molecular formula is C12H20N2S. The van der Waals surface area contributed by atoms with Gasteiger partial charge in [0.2, 0.25) is 0 Å². The molecule has 1 aromatic heterocycles. The number of aromatic nitrogens is 1. The smallest absolute Gasteiger partial charge is 0.110 e. The van der Waals surface area contributed by atoms with E-state index in [-0.39, 0.29) is 0 Å². The van der Waals surface area contributed by atoms with Gasteiger partial charge in [0.1, 0.15) is 5.01 Å². The molecule has 1 heterocycles. The van der Waals surface area contributed by atoms with Gasteiger partial charge in [-0.25, -0.2) is 4.98 Å². The molecule has 0 bridgehead atoms. The van der Waals surface area contributed by atoms with Gasteiger partial charge in [0.25, 0.3) is 0 Å². The highest BCUT2D eigenvalue weighted by atomic mass is 32.1. The highest BCUT2D eigenvalue weighted by Crippen LogP contribution is 2.25. The normalized spacial score (nSPS) is 19.6. The molecular weight excluding hydrogens is 204 g/mol. The third-order valence-corrected chi connectivity index (χ3v) is 4.21. The van der Waals surface area contributed by atoms with Crippen LogP contribution in [-0.4, -0.2) is 11.0 Å². The summed E-state index contributed by atoms with van der Waals surface area (Å²) in [5.74, 6) is 0. The van der Waals surface area contributed by atoms with Gasteiger partial charge in [0.15, 0.2) is 0 Å². The fourth-order valence-electron chi connectivity index (χ4n) is 2.27. The predicted octanol–water partition coefficient (Wildman–Crippen LogP) is 3.43. The fourth-order valence-corrected chi connectivity index (χ4v) is 3.21. The molecule has 0 aromatic carbocycles. The van der Waals surface area contributed by atoms with Crippen molar-refractivity contribution in [2.24, 2.45) is 0 Å². The summed E-state index contributed by atoms with van der Waals surface area (Å²) in [5, 5.41) is 7.16. The monoisotopic (exact) mass is 224 g/mol. The standard InChI is InChI=1S/C12H20N2S/c1-3-11(12-13-9(2)8-15-12)14-10-6-4-5-7-10/h8,10-11,14H,3-7H2,1-2H3. The molecule has 1 saturated carbocycles. The van der Waals surface area contributed by atoms with Gasteiger partial charge >= 0.3 is 0 Å². The molecule has 15 heavy (non-hydrogen) atoms. The Morgan fingerprint density at radius 3 is 2.80 bits per heavy atom. The van der Waals surface area contributed by atoms with Crippen LogP contribution in [0.1, 0.15) is 55.8 Å². The van der Waals surface area contributed by atoms with Crippen LogP contribution < -0.4 is 5.32 Å². The largest absolute Gasteiger partial charge is 0.305 e. The zero-order chi connectivity index (χ0) is 10.7. The lowest BCUT2D eigenvalue weighted by atomic mass is 10.1. The van der Waals surface area contributed by atoms with E-state index in [9.17, 15) is 0 Å². The number of rotatable bonds is 4. The maximum Gasteiger partial charge on any atom is 0.110 e. The first-order valence-corrected chi connectivity index (χ1v) is 6.85. The molecule has 1 atom stereocenters. The van der Waals surface area contributed by atoms with Gasteiger partial charge in [-0.05, 0) is 26.2 Å². The second kappa shape index (κ2) is 5.08. The first-order chi connectivity index (χ1) is 7.29. The lowest BCUT2D eigenvalue weighted by Crippen LogP contribution is -2.30. The molecule has 0 radical (unpaired) electrons. The van der Waals surface area contributed by atoms with E-state index in [1.54, 1.807) is 11.3 Å². The molecule has 1 unspecified atom stereocenters. The van der Waals surface area contributed by atoms with Crippen LogP contribution in [0, 0.1) is 6.92 Å². The van der Waals surface area contributed by atoms with Crippen molar-refractivity contribution in [3.63, 3.8) is 0 Å². The summed E-state index contributed by atoms with van der Waals surface area (Å²) < 4.78 is 0. The van der Waals surface area contributed by atoms with E-state index >= 15 is 0 Å². The van der Waals surface area contributed by atoms with E-state index in [1.165, 1.54) is 30.7 Å². The Labute approximate surface area is 96.1 Å². The van der Waals surface area contributed by atoms with Crippen LogP contribution in [-0.2, 0) is 0 Å². The van der Waals surface area contributed by atoms with E-state index in [2.05, 4.69) is 29.5 Å². The molecule has 1 N–H and O–H groups in total. The first kappa shape index (κ1) is 11.1. The van der Waals surface area contributed by atoms with Gasteiger partial charge < -0.3 is 5.32 Å². The molecule has 3 heteroatoms. The van der Waals surface area contributed by atoms with Gasteiger partial charge in [-0.3, -0.25) is 0 Å². The predicted molar refractivity (Wildman–Crippen MR) is 65.3 cm³/mol.